The fourth-order valence-electron chi connectivity index (χ4n) is 1.64. The summed E-state index contributed by atoms with van der Waals surface area (Å²) in [5, 5.41) is 6.29. The summed E-state index contributed by atoms with van der Waals surface area (Å²) in [6.45, 7) is 4.37. The van der Waals surface area contributed by atoms with Gasteiger partial charge >= 0.3 is 0 Å². The van der Waals surface area contributed by atoms with Gasteiger partial charge in [0.25, 0.3) is 0 Å². The Morgan fingerprint density at radius 2 is 1.84 bits per heavy atom. The molecule has 0 saturated carbocycles. The van der Waals surface area contributed by atoms with E-state index in [1.165, 1.54) is 6.33 Å². The molecule has 2 N–H and O–H groups in total. The van der Waals surface area contributed by atoms with E-state index in [2.05, 4.69) is 20.6 Å². The van der Waals surface area contributed by atoms with Crippen LogP contribution in [0.4, 0.5) is 17.3 Å². The van der Waals surface area contributed by atoms with E-state index in [0.29, 0.717) is 11.4 Å². The minimum Gasteiger partial charge on any atom is -0.370 e. The third-order valence-electron chi connectivity index (χ3n) is 2.59. The predicted molar refractivity (Wildman–Crippen MR) is 75.9 cm³/mol. The first kappa shape index (κ1) is 13.0. The van der Waals surface area contributed by atoms with Gasteiger partial charge in [0.1, 0.15) is 18.0 Å². The molecule has 5 nitrogen and oxygen atoms in total. The molecular formula is C14H16N4O. The third-order valence-corrected chi connectivity index (χ3v) is 2.59. The van der Waals surface area contributed by atoms with Gasteiger partial charge in [-0.2, -0.15) is 0 Å². The lowest BCUT2D eigenvalue weighted by Crippen LogP contribution is -2.01. The van der Waals surface area contributed by atoms with Crippen LogP contribution in [0.2, 0.25) is 0 Å². The predicted octanol–water partition coefficient (Wildman–Crippen LogP) is 2.85. The first-order valence-electron chi connectivity index (χ1n) is 6.13. The maximum Gasteiger partial charge on any atom is 0.159 e. The first-order chi connectivity index (χ1) is 9.19. The molecule has 1 aromatic heterocycles. The van der Waals surface area contributed by atoms with Crippen molar-refractivity contribution in [2.75, 3.05) is 17.2 Å². The van der Waals surface area contributed by atoms with Crippen molar-refractivity contribution in [1.29, 1.82) is 0 Å². The van der Waals surface area contributed by atoms with Crippen molar-refractivity contribution in [2.45, 2.75) is 13.8 Å². The third kappa shape index (κ3) is 3.51. The second kappa shape index (κ2) is 5.95. The van der Waals surface area contributed by atoms with Gasteiger partial charge in [0.2, 0.25) is 0 Å². The smallest absolute Gasteiger partial charge is 0.159 e. The van der Waals surface area contributed by atoms with E-state index in [1.54, 1.807) is 19.1 Å². The number of benzene rings is 1. The van der Waals surface area contributed by atoms with Gasteiger partial charge in [-0.15, -0.1) is 0 Å². The monoisotopic (exact) mass is 256 g/mol. The number of hydrogen-bond donors (Lipinski definition) is 2. The van der Waals surface area contributed by atoms with Crippen LogP contribution in [0.25, 0.3) is 0 Å². The minimum absolute atomic E-state index is 0.0584. The Hall–Kier alpha value is -2.43. The SMILES string of the molecule is CCNc1cc(Nc2ccc(C(C)=O)cc2)ncn1. The molecule has 0 bridgehead atoms. The van der Waals surface area contributed by atoms with Crippen molar-refractivity contribution >= 4 is 23.1 Å². The molecule has 0 aliphatic carbocycles. The quantitative estimate of drug-likeness (QED) is 0.805. The van der Waals surface area contributed by atoms with Gasteiger partial charge in [-0.05, 0) is 38.1 Å². The molecule has 5 heteroatoms. The molecule has 2 aromatic rings. The number of Topliss-reactive ketones (excluding diaryl/α,β-unsaturated/α-hetero) is 1. The molecule has 1 aromatic carbocycles. The van der Waals surface area contributed by atoms with Crippen LogP contribution in [-0.4, -0.2) is 22.3 Å². The second-order valence-corrected chi connectivity index (χ2v) is 4.08. The van der Waals surface area contributed by atoms with E-state index >= 15 is 0 Å². The highest BCUT2D eigenvalue weighted by atomic mass is 16.1. The minimum atomic E-state index is 0.0584. The lowest BCUT2D eigenvalue weighted by Gasteiger charge is -2.07. The van der Waals surface area contributed by atoms with Gasteiger partial charge < -0.3 is 10.6 Å². The van der Waals surface area contributed by atoms with E-state index in [9.17, 15) is 4.79 Å². The summed E-state index contributed by atoms with van der Waals surface area (Å²) < 4.78 is 0. The lowest BCUT2D eigenvalue weighted by atomic mass is 10.1. The zero-order valence-electron chi connectivity index (χ0n) is 11.0. The summed E-state index contributed by atoms with van der Waals surface area (Å²) in [7, 11) is 0. The van der Waals surface area contributed by atoms with Gasteiger partial charge in [-0.3, -0.25) is 4.79 Å². The summed E-state index contributed by atoms with van der Waals surface area (Å²) in [5.74, 6) is 1.55. The van der Waals surface area contributed by atoms with E-state index < -0.39 is 0 Å². The van der Waals surface area contributed by atoms with Gasteiger partial charge in [0.05, 0.1) is 0 Å². The zero-order chi connectivity index (χ0) is 13.7. The maximum absolute atomic E-state index is 11.2. The van der Waals surface area contributed by atoms with Gasteiger partial charge in [0, 0.05) is 23.9 Å². The topological polar surface area (TPSA) is 66.9 Å². The number of anilines is 3. The van der Waals surface area contributed by atoms with Crippen LogP contribution in [0.3, 0.4) is 0 Å². The largest absolute Gasteiger partial charge is 0.370 e. The van der Waals surface area contributed by atoms with Crippen LogP contribution < -0.4 is 10.6 Å². The van der Waals surface area contributed by atoms with Gasteiger partial charge in [-0.1, -0.05) is 0 Å². The fraction of sp³-hybridized carbons (Fsp3) is 0.214. The van der Waals surface area contributed by atoms with Crippen LogP contribution >= 0.6 is 0 Å². The average molecular weight is 256 g/mol. The number of carbonyl (C=O) groups excluding carboxylic acids is 1. The van der Waals surface area contributed by atoms with Crippen molar-refractivity contribution < 1.29 is 4.79 Å². The molecule has 98 valence electrons. The number of hydrogen-bond acceptors (Lipinski definition) is 5. The molecule has 0 amide bonds. The van der Waals surface area contributed by atoms with Crippen molar-refractivity contribution in [3.8, 4) is 0 Å². The number of nitrogens with zero attached hydrogens (tertiary/aromatic N) is 2. The lowest BCUT2D eigenvalue weighted by molar-refractivity contribution is 0.101. The molecule has 0 radical (unpaired) electrons. The maximum atomic E-state index is 11.2. The summed E-state index contributed by atoms with van der Waals surface area (Å²) in [6.07, 6.45) is 1.50. The summed E-state index contributed by atoms with van der Waals surface area (Å²) in [5.41, 5.74) is 1.58. The van der Waals surface area contributed by atoms with E-state index in [-0.39, 0.29) is 5.78 Å². The Bertz CT molecular complexity index is 566. The van der Waals surface area contributed by atoms with Crippen LogP contribution in [-0.2, 0) is 0 Å². The number of rotatable bonds is 5. The van der Waals surface area contributed by atoms with Crippen molar-refractivity contribution in [1.82, 2.24) is 9.97 Å². The van der Waals surface area contributed by atoms with Gasteiger partial charge in [0.15, 0.2) is 5.78 Å². The molecule has 19 heavy (non-hydrogen) atoms. The Morgan fingerprint density at radius 3 is 2.47 bits per heavy atom. The zero-order valence-corrected chi connectivity index (χ0v) is 11.0. The molecule has 0 saturated heterocycles. The average Bonchev–Trinajstić information content (AvgIpc) is 2.40. The fourth-order valence-corrected chi connectivity index (χ4v) is 1.64. The molecule has 0 aliphatic heterocycles. The Kier molecular flexibility index (Phi) is 4.07. The van der Waals surface area contributed by atoms with Crippen LogP contribution in [0.1, 0.15) is 24.2 Å². The summed E-state index contributed by atoms with van der Waals surface area (Å²) >= 11 is 0. The number of carbonyl (C=O) groups is 1. The molecule has 0 unspecified atom stereocenters. The number of aromatic nitrogens is 2. The standard InChI is InChI=1S/C14H16N4O/c1-3-15-13-8-14(17-9-16-13)18-12-6-4-11(5-7-12)10(2)19/h4-9H,3H2,1-2H3,(H2,15,16,17,18). The normalized spacial score (nSPS) is 10.0. The highest BCUT2D eigenvalue weighted by Crippen LogP contribution is 2.17. The van der Waals surface area contributed by atoms with Crippen molar-refractivity contribution in [2.24, 2.45) is 0 Å². The Labute approximate surface area is 112 Å². The van der Waals surface area contributed by atoms with E-state index in [0.717, 1.165) is 18.1 Å². The van der Waals surface area contributed by atoms with Crippen LogP contribution in [0, 0.1) is 0 Å². The molecule has 1 heterocycles. The number of ketones is 1. The van der Waals surface area contributed by atoms with Gasteiger partial charge in [-0.25, -0.2) is 9.97 Å². The van der Waals surface area contributed by atoms with Crippen LogP contribution in [0.5, 0.6) is 0 Å². The second-order valence-electron chi connectivity index (χ2n) is 4.08. The Balaban J connectivity index is 2.12. The Morgan fingerprint density at radius 1 is 1.16 bits per heavy atom. The summed E-state index contributed by atoms with van der Waals surface area (Å²) in [6, 6.07) is 9.12. The van der Waals surface area contributed by atoms with Crippen LogP contribution in [0.15, 0.2) is 36.7 Å². The van der Waals surface area contributed by atoms with E-state index in [4.69, 9.17) is 0 Å². The molecular weight excluding hydrogens is 240 g/mol. The summed E-state index contributed by atoms with van der Waals surface area (Å²) in [4.78, 5) is 19.4. The highest BCUT2D eigenvalue weighted by Gasteiger charge is 2.01. The molecule has 0 aliphatic rings. The first-order valence-corrected chi connectivity index (χ1v) is 6.13. The number of nitrogens with one attached hydrogen (secondary N) is 2. The van der Waals surface area contributed by atoms with Crippen molar-refractivity contribution in [3.05, 3.63) is 42.2 Å². The molecule has 0 atom stereocenters. The molecule has 2 rings (SSSR count). The molecule has 0 fully saturated rings. The molecule has 0 spiro atoms. The van der Waals surface area contributed by atoms with Crippen molar-refractivity contribution in [3.63, 3.8) is 0 Å². The van der Waals surface area contributed by atoms with E-state index in [1.807, 2.05) is 25.1 Å². The highest BCUT2D eigenvalue weighted by molar-refractivity contribution is 5.94.